The van der Waals surface area contributed by atoms with Gasteiger partial charge in [-0.3, -0.25) is 0 Å². The van der Waals surface area contributed by atoms with Crippen molar-refractivity contribution in [1.29, 1.82) is 0 Å². The highest BCUT2D eigenvalue weighted by Crippen LogP contribution is 2.26. The number of benzene rings is 2. The molecule has 0 saturated heterocycles. The standard InChI is InChI=1S/C16H18O2/c1-3-12(2)18-16-6-4-5-14(11-16)13-7-9-15(17)10-8-13/h4-12,17H,3H2,1-2H3/t12-/m1/s1. The number of hydrogen-bond acceptors (Lipinski definition) is 2. The van der Waals surface area contributed by atoms with Crippen LogP contribution in [0, 0.1) is 0 Å². The zero-order chi connectivity index (χ0) is 13.0. The first-order valence-corrected chi connectivity index (χ1v) is 6.25. The van der Waals surface area contributed by atoms with Crippen molar-refractivity contribution in [3.63, 3.8) is 0 Å². The molecule has 0 radical (unpaired) electrons. The quantitative estimate of drug-likeness (QED) is 0.869. The molecule has 1 N–H and O–H groups in total. The molecule has 1 atom stereocenters. The molecule has 0 fully saturated rings. The van der Waals surface area contributed by atoms with Crippen LogP contribution in [0.25, 0.3) is 11.1 Å². The number of hydrogen-bond donors (Lipinski definition) is 1. The molecule has 0 unspecified atom stereocenters. The Balaban J connectivity index is 2.24. The molecule has 0 aliphatic rings. The van der Waals surface area contributed by atoms with E-state index in [0.29, 0.717) is 0 Å². The Bertz CT molecular complexity index is 503. The molecule has 0 bridgehead atoms. The zero-order valence-electron chi connectivity index (χ0n) is 10.8. The van der Waals surface area contributed by atoms with Gasteiger partial charge < -0.3 is 9.84 Å². The van der Waals surface area contributed by atoms with Gasteiger partial charge in [-0.25, -0.2) is 0 Å². The van der Waals surface area contributed by atoms with Crippen molar-refractivity contribution in [3.05, 3.63) is 48.5 Å². The second-order valence-corrected chi connectivity index (χ2v) is 4.41. The highest BCUT2D eigenvalue weighted by Gasteiger charge is 2.03. The van der Waals surface area contributed by atoms with Crippen LogP contribution in [0.3, 0.4) is 0 Å². The lowest BCUT2D eigenvalue weighted by Gasteiger charge is -2.13. The molecule has 0 aliphatic carbocycles. The summed E-state index contributed by atoms with van der Waals surface area (Å²) in [5.41, 5.74) is 2.17. The average molecular weight is 242 g/mol. The van der Waals surface area contributed by atoms with Crippen molar-refractivity contribution in [2.75, 3.05) is 0 Å². The first-order valence-electron chi connectivity index (χ1n) is 6.25. The summed E-state index contributed by atoms with van der Waals surface area (Å²) < 4.78 is 5.80. The van der Waals surface area contributed by atoms with E-state index in [2.05, 4.69) is 13.8 Å². The van der Waals surface area contributed by atoms with Crippen LogP contribution in [-0.4, -0.2) is 11.2 Å². The summed E-state index contributed by atoms with van der Waals surface area (Å²) in [6, 6.07) is 15.2. The summed E-state index contributed by atoms with van der Waals surface area (Å²) in [4.78, 5) is 0. The Labute approximate surface area is 108 Å². The van der Waals surface area contributed by atoms with Gasteiger partial charge in [-0.05, 0) is 48.7 Å². The van der Waals surface area contributed by atoms with Gasteiger partial charge in [0, 0.05) is 0 Å². The molecular formula is C16H18O2. The molecule has 0 spiro atoms. The summed E-state index contributed by atoms with van der Waals surface area (Å²) in [5.74, 6) is 1.17. The van der Waals surface area contributed by atoms with Crippen molar-refractivity contribution in [2.45, 2.75) is 26.4 Å². The highest BCUT2D eigenvalue weighted by molar-refractivity contribution is 5.65. The van der Waals surface area contributed by atoms with Gasteiger partial charge >= 0.3 is 0 Å². The van der Waals surface area contributed by atoms with Gasteiger partial charge in [0.25, 0.3) is 0 Å². The minimum Gasteiger partial charge on any atom is -0.508 e. The molecule has 0 saturated carbocycles. The molecule has 0 aromatic heterocycles. The maximum absolute atomic E-state index is 9.28. The SMILES string of the molecule is CC[C@@H](C)Oc1cccc(-c2ccc(O)cc2)c1. The lowest BCUT2D eigenvalue weighted by molar-refractivity contribution is 0.217. The number of rotatable bonds is 4. The fourth-order valence-corrected chi connectivity index (χ4v) is 1.72. The predicted octanol–water partition coefficient (Wildman–Crippen LogP) is 4.24. The number of phenolic OH excluding ortho intramolecular Hbond substituents is 1. The Morgan fingerprint density at radius 3 is 2.44 bits per heavy atom. The first kappa shape index (κ1) is 12.5. The van der Waals surface area contributed by atoms with Crippen LogP contribution in [-0.2, 0) is 0 Å². The van der Waals surface area contributed by atoms with E-state index in [1.165, 1.54) is 0 Å². The molecule has 2 heteroatoms. The summed E-state index contributed by atoms with van der Waals surface area (Å²) >= 11 is 0. The van der Waals surface area contributed by atoms with Crippen LogP contribution in [0.2, 0.25) is 0 Å². The van der Waals surface area contributed by atoms with E-state index >= 15 is 0 Å². The van der Waals surface area contributed by atoms with Crippen LogP contribution in [0.4, 0.5) is 0 Å². The van der Waals surface area contributed by atoms with Crippen molar-refractivity contribution in [3.8, 4) is 22.6 Å². The number of ether oxygens (including phenoxy) is 1. The van der Waals surface area contributed by atoms with E-state index in [9.17, 15) is 5.11 Å². The fraction of sp³-hybridized carbons (Fsp3) is 0.250. The maximum atomic E-state index is 9.28. The van der Waals surface area contributed by atoms with Crippen molar-refractivity contribution >= 4 is 0 Å². The van der Waals surface area contributed by atoms with Crippen molar-refractivity contribution in [1.82, 2.24) is 0 Å². The van der Waals surface area contributed by atoms with Gasteiger partial charge in [-0.2, -0.15) is 0 Å². The van der Waals surface area contributed by atoms with Gasteiger partial charge in [0.05, 0.1) is 6.10 Å². The number of aromatic hydroxyl groups is 1. The molecular weight excluding hydrogens is 224 g/mol. The van der Waals surface area contributed by atoms with E-state index < -0.39 is 0 Å². The molecule has 2 aromatic rings. The Morgan fingerprint density at radius 2 is 1.78 bits per heavy atom. The van der Waals surface area contributed by atoms with Crippen molar-refractivity contribution in [2.24, 2.45) is 0 Å². The van der Waals surface area contributed by atoms with Crippen LogP contribution in [0.5, 0.6) is 11.5 Å². The van der Waals surface area contributed by atoms with E-state index in [1.807, 2.05) is 36.4 Å². The second kappa shape index (κ2) is 5.58. The van der Waals surface area contributed by atoms with Gasteiger partial charge in [0.2, 0.25) is 0 Å². The third-order valence-corrected chi connectivity index (χ3v) is 2.95. The van der Waals surface area contributed by atoms with Crippen molar-refractivity contribution < 1.29 is 9.84 Å². The van der Waals surface area contributed by atoms with Gasteiger partial charge in [0.15, 0.2) is 0 Å². The van der Waals surface area contributed by atoms with Crippen LogP contribution >= 0.6 is 0 Å². The normalized spacial score (nSPS) is 12.1. The Morgan fingerprint density at radius 1 is 1.06 bits per heavy atom. The number of phenols is 1. The minimum absolute atomic E-state index is 0.222. The summed E-state index contributed by atoms with van der Waals surface area (Å²) in [6.07, 6.45) is 1.21. The Kier molecular flexibility index (Phi) is 3.88. The average Bonchev–Trinajstić information content (AvgIpc) is 2.40. The molecule has 94 valence electrons. The van der Waals surface area contributed by atoms with Crippen LogP contribution in [0.1, 0.15) is 20.3 Å². The summed E-state index contributed by atoms with van der Waals surface area (Å²) in [5, 5.41) is 9.28. The van der Waals surface area contributed by atoms with E-state index in [0.717, 1.165) is 23.3 Å². The summed E-state index contributed by atoms with van der Waals surface area (Å²) in [6.45, 7) is 4.17. The van der Waals surface area contributed by atoms with Gasteiger partial charge in [-0.1, -0.05) is 31.2 Å². The molecule has 2 aromatic carbocycles. The van der Waals surface area contributed by atoms with E-state index in [4.69, 9.17) is 4.74 Å². The Hall–Kier alpha value is -1.96. The lowest BCUT2D eigenvalue weighted by atomic mass is 10.1. The van der Waals surface area contributed by atoms with Gasteiger partial charge in [-0.15, -0.1) is 0 Å². The van der Waals surface area contributed by atoms with Crippen LogP contribution < -0.4 is 4.74 Å². The van der Waals surface area contributed by atoms with E-state index in [-0.39, 0.29) is 11.9 Å². The van der Waals surface area contributed by atoms with Crippen LogP contribution in [0.15, 0.2) is 48.5 Å². The monoisotopic (exact) mass is 242 g/mol. The largest absolute Gasteiger partial charge is 0.508 e. The minimum atomic E-state index is 0.222. The smallest absolute Gasteiger partial charge is 0.120 e. The summed E-state index contributed by atoms with van der Waals surface area (Å²) in [7, 11) is 0. The van der Waals surface area contributed by atoms with Gasteiger partial charge in [0.1, 0.15) is 11.5 Å². The zero-order valence-corrected chi connectivity index (χ0v) is 10.8. The third kappa shape index (κ3) is 3.04. The fourth-order valence-electron chi connectivity index (χ4n) is 1.72. The lowest BCUT2D eigenvalue weighted by Crippen LogP contribution is -2.09. The highest BCUT2D eigenvalue weighted by atomic mass is 16.5. The first-order chi connectivity index (χ1) is 8.69. The predicted molar refractivity (Wildman–Crippen MR) is 73.9 cm³/mol. The molecule has 2 nitrogen and oxygen atoms in total. The maximum Gasteiger partial charge on any atom is 0.120 e. The third-order valence-electron chi connectivity index (χ3n) is 2.95. The molecule has 18 heavy (non-hydrogen) atoms. The topological polar surface area (TPSA) is 29.5 Å². The molecule has 0 aliphatic heterocycles. The molecule has 2 rings (SSSR count). The second-order valence-electron chi connectivity index (χ2n) is 4.41. The molecule has 0 amide bonds. The van der Waals surface area contributed by atoms with E-state index in [1.54, 1.807) is 12.1 Å². The molecule has 0 heterocycles.